The van der Waals surface area contributed by atoms with E-state index in [9.17, 15) is 0 Å². The molecule has 4 heavy (non-hydrogen) atoms. The van der Waals surface area contributed by atoms with Gasteiger partial charge in [-0.15, -0.1) is 0 Å². The van der Waals surface area contributed by atoms with Crippen molar-refractivity contribution in [3.8, 4) is 0 Å². The van der Waals surface area contributed by atoms with E-state index in [1.165, 1.54) is 20.1 Å². The number of hydrogen-bond donors (Lipinski definition) is 1. The van der Waals surface area contributed by atoms with Crippen molar-refractivity contribution >= 4 is 0 Å². The molecule has 0 aromatic heterocycles. The molecule has 0 unspecified atom stereocenters. The van der Waals surface area contributed by atoms with Crippen LogP contribution in [0.1, 0.15) is 0 Å². The van der Waals surface area contributed by atoms with Crippen LogP contribution in [0.4, 0.5) is 0 Å². The zero-order valence-corrected chi connectivity index (χ0v) is 5.75. The topological polar surface area (TPSA) is 26.0 Å². The summed E-state index contributed by atoms with van der Waals surface area (Å²) >= 11 is 1.45. The van der Waals surface area contributed by atoms with Gasteiger partial charge in [0.2, 0.25) is 0 Å². The van der Waals surface area contributed by atoms with Gasteiger partial charge < -0.3 is 0 Å². The van der Waals surface area contributed by atoms with Crippen LogP contribution in [0.5, 0.6) is 0 Å². The Balaban J connectivity index is -0.00000000500. The summed E-state index contributed by atoms with van der Waals surface area (Å²) in [6, 6.07) is 0. The van der Waals surface area contributed by atoms with Crippen LogP contribution in [0.15, 0.2) is 0 Å². The van der Waals surface area contributed by atoms with E-state index in [1.54, 1.807) is 0 Å². The van der Waals surface area contributed by atoms with E-state index >= 15 is 0 Å². The second kappa shape index (κ2) is 22.6. The molecule has 0 rings (SSSR count). The Hall–Kier alpha value is 1.66. The zero-order valence-electron chi connectivity index (χ0n) is 1.66. The van der Waals surface area contributed by atoms with Gasteiger partial charge in [0, 0.05) is 33.6 Å². The third kappa shape index (κ3) is 9.40. The van der Waals surface area contributed by atoms with E-state index < -0.39 is 0 Å². The molecule has 0 radical (unpaired) electrons. The van der Waals surface area contributed by atoms with Crippen LogP contribution >= 0.6 is 0 Å². The van der Waals surface area contributed by atoms with Gasteiger partial charge in [-0.1, -0.05) is 0 Å². The fourth-order valence-corrected chi connectivity index (χ4v) is 0. The van der Waals surface area contributed by atoms with Crippen molar-refractivity contribution in [2.45, 2.75) is 0 Å². The Morgan fingerprint density at radius 3 is 1.25 bits per heavy atom. The SMILES string of the molecule is [Fe].[NH2][Mo].[Ni]. The molecule has 0 aliphatic heterocycles. The molecule has 0 aliphatic rings. The van der Waals surface area contributed by atoms with E-state index in [0.29, 0.717) is 0 Å². The van der Waals surface area contributed by atoms with Crippen molar-refractivity contribution in [3.05, 3.63) is 0 Å². The van der Waals surface area contributed by atoms with Crippen molar-refractivity contribution < 1.29 is 53.6 Å². The first-order valence-corrected chi connectivity index (χ1v) is 1.39. The van der Waals surface area contributed by atoms with Gasteiger partial charge in [-0.3, -0.25) is 0 Å². The van der Waals surface area contributed by atoms with Crippen LogP contribution in [0.2, 0.25) is 0 Å². The van der Waals surface area contributed by atoms with Gasteiger partial charge in [0.1, 0.15) is 0 Å². The second-order valence-electron chi connectivity index (χ2n) is 0. The maximum Gasteiger partial charge on any atom is 0 e. The summed E-state index contributed by atoms with van der Waals surface area (Å²) in [6.45, 7) is 0. The molecule has 0 saturated heterocycles. The van der Waals surface area contributed by atoms with Crippen molar-refractivity contribution in [1.82, 2.24) is 0 Å². The molecular weight excluding hydrogens is 224 g/mol. The zero-order chi connectivity index (χ0) is 2.00. The molecule has 0 fully saturated rings. The van der Waals surface area contributed by atoms with Crippen LogP contribution in [0.25, 0.3) is 0 Å². The minimum atomic E-state index is 0. The van der Waals surface area contributed by atoms with Gasteiger partial charge in [-0.25, -0.2) is 0 Å². The smallest absolute Gasteiger partial charge is 0 e. The first kappa shape index (κ1) is 17.4. The minimum absolute atomic E-state index is 0. The van der Waals surface area contributed by atoms with Gasteiger partial charge >= 0.3 is 24.4 Å². The van der Waals surface area contributed by atoms with Crippen LogP contribution < -0.4 is 4.29 Å². The van der Waals surface area contributed by atoms with Crippen LogP contribution in [-0.4, -0.2) is 0 Å². The monoisotopic (exact) mass is 228 g/mol. The molecule has 0 aromatic rings. The summed E-state index contributed by atoms with van der Waals surface area (Å²) in [7, 11) is 0. The van der Waals surface area contributed by atoms with Gasteiger partial charge in [0.15, 0.2) is 0 Å². The predicted octanol–water partition coefficient (Wildman–Crippen LogP) is -0.598. The van der Waals surface area contributed by atoms with Gasteiger partial charge in [-0.2, -0.15) is 0 Å². The minimum Gasteiger partial charge on any atom is 0 e. The van der Waals surface area contributed by atoms with Gasteiger partial charge in [0.05, 0.1) is 0 Å². The first-order valence-electron chi connectivity index (χ1n) is 0.236. The number of rotatable bonds is 0. The fraction of sp³-hybridized carbons (Fsp3) is 0. The maximum absolute atomic E-state index is 4.51. The summed E-state index contributed by atoms with van der Waals surface area (Å²) < 4.78 is 4.51. The standard InChI is InChI=1S/Fe.Mo.H2N.Ni/h;;1H2;/q;+1;-1;. The van der Waals surface area contributed by atoms with Crippen LogP contribution in [0.3, 0.4) is 0 Å². The Morgan fingerprint density at radius 2 is 1.25 bits per heavy atom. The van der Waals surface area contributed by atoms with Crippen molar-refractivity contribution in [2.75, 3.05) is 0 Å². The van der Waals surface area contributed by atoms with Crippen molar-refractivity contribution in [1.29, 1.82) is 0 Å². The molecule has 0 heterocycles. The third-order valence-electron chi connectivity index (χ3n) is 0. The molecular formula is H2FeMoNNi. The summed E-state index contributed by atoms with van der Waals surface area (Å²) in [6.07, 6.45) is 0. The van der Waals surface area contributed by atoms with E-state index in [4.69, 9.17) is 0 Å². The van der Waals surface area contributed by atoms with E-state index in [-0.39, 0.29) is 33.6 Å². The Kier molecular flexibility index (Phi) is 98.3. The molecule has 0 aromatic carbocycles. The van der Waals surface area contributed by atoms with E-state index in [1.807, 2.05) is 0 Å². The molecule has 0 amide bonds. The average Bonchev–Trinajstić information content (AvgIpc) is 1.00. The Morgan fingerprint density at radius 1 is 1.25 bits per heavy atom. The molecule has 1 nitrogen and oxygen atoms in total. The molecule has 4 heteroatoms. The van der Waals surface area contributed by atoms with E-state index in [0.717, 1.165) is 0 Å². The summed E-state index contributed by atoms with van der Waals surface area (Å²) in [5, 5.41) is 0. The first-order chi connectivity index (χ1) is 1.00. The third-order valence-corrected chi connectivity index (χ3v) is 0. The fourth-order valence-electron chi connectivity index (χ4n) is 0. The number of nitrogens with two attached hydrogens (primary N) is 1. The maximum atomic E-state index is 4.51. The second-order valence-corrected chi connectivity index (χ2v) is 0. The summed E-state index contributed by atoms with van der Waals surface area (Å²) in [5.41, 5.74) is 0. The summed E-state index contributed by atoms with van der Waals surface area (Å²) in [5.74, 6) is 0. The molecule has 0 aliphatic carbocycles. The molecule has 0 spiro atoms. The largest absolute Gasteiger partial charge is 0 e. The van der Waals surface area contributed by atoms with E-state index in [2.05, 4.69) is 4.29 Å². The van der Waals surface area contributed by atoms with Crippen molar-refractivity contribution in [2.24, 2.45) is 4.29 Å². The summed E-state index contributed by atoms with van der Waals surface area (Å²) in [4.78, 5) is 0. The Labute approximate surface area is 57.7 Å². The molecule has 0 atom stereocenters. The molecule has 0 bridgehead atoms. The van der Waals surface area contributed by atoms with Crippen LogP contribution in [0, 0.1) is 0 Å². The molecule has 0 saturated carbocycles. The molecule has 2 N–H and O–H groups in total. The van der Waals surface area contributed by atoms with Gasteiger partial charge in [-0.05, 0) is 0 Å². The van der Waals surface area contributed by atoms with Crippen LogP contribution in [-0.2, 0) is 53.6 Å². The molecule has 31 valence electrons. The van der Waals surface area contributed by atoms with Gasteiger partial charge in [0.25, 0.3) is 0 Å². The predicted molar refractivity (Wildman–Crippen MR) is 4.19 cm³/mol. The quantitative estimate of drug-likeness (QED) is 0.549. The average molecular weight is 227 g/mol. The number of hydrogen-bond acceptors (Lipinski definition) is 1. The Bertz CT molecular complexity index is 8.00. The van der Waals surface area contributed by atoms with Crippen molar-refractivity contribution in [3.63, 3.8) is 0 Å². The normalized spacial score (nSPS) is 1.25.